The van der Waals surface area contributed by atoms with E-state index >= 15 is 0 Å². The number of nitrogens with two attached hydrogens (primary N) is 1. The maximum Gasteiger partial charge on any atom is 0.216 e. The van der Waals surface area contributed by atoms with Crippen molar-refractivity contribution in [2.75, 3.05) is 7.11 Å². The average molecular weight is 377 g/mol. The summed E-state index contributed by atoms with van der Waals surface area (Å²) in [7, 11) is 1.57. The lowest BCUT2D eigenvalue weighted by Crippen LogP contribution is -2.38. The number of guanidine groups is 1. The molecule has 1 fully saturated rings. The second kappa shape index (κ2) is 8.13. The molecule has 106 valence electrons. The molecule has 6 nitrogen and oxygen atoms in total. The van der Waals surface area contributed by atoms with E-state index in [1.165, 1.54) is 25.7 Å². The van der Waals surface area contributed by atoms with Gasteiger partial charge in [-0.1, -0.05) is 12.8 Å². The van der Waals surface area contributed by atoms with E-state index in [4.69, 9.17) is 10.5 Å². The lowest BCUT2D eigenvalue weighted by molar-refractivity contribution is 0.394. The summed E-state index contributed by atoms with van der Waals surface area (Å²) in [6, 6.07) is 2.17. The van der Waals surface area contributed by atoms with E-state index < -0.39 is 0 Å². The molecule has 0 spiro atoms. The highest BCUT2D eigenvalue weighted by molar-refractivity contribution is 14.0. The Bertz CT molecular complexity index is 420. The van der Waals surface area contributed by atoms with Crippen molar-refractivity contribution in [3.8, 4) is 5.88 Å². The molecule has 1 aromatic heterocycles. The lowest BCUT2D eigenvalue weighted by Gasteiger charge is -2.11. The van der Waals surface area contributed by atoms with Crippen LogP contribution in [-0.2, 0) is 6.54 Å². The second-order valence-electron chi connectivity index (χ2n) is 4.34. The van der Waals surface area contributed by atoms with Gasteiger partial charge in [0.2, 0.25) is 5.88 Å². The van der Waals surface area contributed by atoms with Gasteiger partial charge in [-0.05, 0) is 12.8 Å². The van der Waals surface area contributed by atoms with Crippen LogP contribution in [0.2, 0.25) is 0 Å². The van der Waals surface area contributed by atoms with E-state index in [0.717, 1.165) is 0 Å². The largest absolute Gasteiger partial charge is 0.481 e. The first-order chi connectivity index (χ1) is 8.78. The van der Waals surface area contributed by atoms with Crippen LogP contribution in [0.1, 0.15) is 31.5 Å². The molecule has 1 saturated carbocycles. The van der Waals surface area contributed by atoms with E-state index in [0.29, 0.717) is 30.3 Å². The van der Waals surface area contributed by atoms with Gasteiger partial charge in [-0.25, -0.2) is 9.98 Å². The Balaban J connectivity index is 0.00000180. The normalized spacial score (nSPS) is 15.9. The van der Waals surface area contributed by atoms with Gasteiger partial charge in [-0.2, -0.15) is 4.98 Å². The zero-order valence-corrected chi connectivity index (χ0v) is 13.3. The van der Waals surface area contributed by atoms with E-state index in [-0.39, 0.29) is 24.0 Å². The third-order valence-corrected chi connectivity index (χ3v) is 2.99. The standard InChI is InChI=1S/C12H19N5O.HI/c1-18-11-6-7-14-10(17-11)8-15-12(13)16-9-4-2-3-5-9;/h6-7,9H,2-5,8H2,1H3,(H3,13,15,16);1H. The van der Waals surface area contributed by atoms with Gasteiger partial charge in [-0.3, -0.25) is 0 Å². The van der Waals surface area contributed by atoms with Gasteiger partial charge in [-0.15, -0.1) is 24.0 Å². The minimum absolute atomic E-state index is 0. The van der Waals surface area contributed by atoms with Crippen LogP contribution in [-0.4, -0.2) is 29.1 Å². The van der Waals surface area contributed by atoms with Crippen molar-refractivity contribution < 1.29 is 4.74 Å². The zero-order chi connectivity index (χ0) is 12.8. The van der Waals surface area contributed by atoms with Gasteiger partial charge < -0.3 is 15.8 Å². The molecule has 0 saturated heterocycles. The van der Waals surface area contributed by atoms with Crippen LogP contribution in [0.25, 0.3) is 0 Å². The molecule has 0 amide bonds. The van der Waals surface area contributed by atoms with Crippen LogP contribution >= 0.6 is 24.0 Å². The quantitative estimate of drug-likeness (QED) is 0.471. The summed E-state index contributed by atoms with van der Waals surface area (Å²) in [5, 5.41) is 3.22. The Hall–Kier alpha value is -1.12. The SMILES string of the molecule is COc1ccnc(CN=C(N)NC2CCCC2)n1.I. The zero-order valence-electron chi connectivity index (χ0n) is 11.0. The van der Waals surface area contributed by atoms with Crippen molar-refractivity contribution in [3.05, 3.63) is 18.1 Å². The van der Waals surface area contributed by atoms with Crippen molar-refractivity contribution in [3.63, 3.8) is 0 Å². The molecular weight excluding hydrogens is 357 g/mol. The minimum atomic E-state index is 0. The van der Waals surface area contributed by atoms with Crippen LogP contribution in [0.3, 0.4) is 0 Å². The Kier molecular flexibility index (Phi) is 6.82. The number of rotatable bonds is 4. The van der Waals surface area contributed by atoms with Crippen molar-refractivity contribution in [1.82, 2.24) is 15.3 Å². The molecule has 0 unspecified atom stereocenters. The Morgan fingerprint density at radius 1 is 1.53 bits per heavy atom. The van der Waals surface area contributed by atoms with Gasteiger partial charge in [0, 0.05) is 18.3 Å². The van der Waals surface area contributed by atoms with Gasteiger partial charge in [0.1, 0.15) is 6.54 Å². The first-order valence-electron chi connectivity index (χ1n) is 6.20. The summed E-state index contributed by atoms with van der Waals surface area (Å²) in [6.45, 7) is 0.364. The third-order valence-electron chi connectivity index (χ3n) is 2.99. The summed E-state index contributed by atoms with van der Waals surface area (Å²) in [4.78, 5) is 12.5. The molecular formula is C12H20IN5O. The molecule has 0 atom stereocenters. The van der Waals surface area contributed by atoms with E-state index in [2.05, 4.69) is 20.3 Å². The lowest BCUT2D eigenvalue weighted by atomic mass is 10.2. The van der Waals surface area contributed by atoms with Crippen molar-refractivity contribution in [2.45, 2.75) is 38.3 Å². The fourth-order valence-electron chi connectivity index (χ4n) is 2.05. The highest BCUT2D eigenvalue weighted by Crippen LogP contribution is 2.17. The minimum Gasteiger partial charge on any atom is -0.481 e. The molecule has 0 aliphatic heterocycles. The van der Waals surface area contributed by atoms with Crippen molar-refractivity contribution in [1.29, 1.82) is 0 Å². The third kappa shape index (κ3) is 5.17. The number of nitrogens with one attached hydrogen (secondary N) is 1. The molecule has 1 aromatic rings. The summed E-state index contributed by atoms with van der Waals surface area (Å²) in [5.41, 5.74) is 5.82. The Morgan fingerprint density at radius 2 is 2.26 bits per heavy atom. The average Bonchev–Trinajstić information content (AvgIpc) is 2.89. The van der Waals surface area contributed by atoms with Crippen molar-refractivity contribution in [2.24, 2.45) is 10.7 Å². The van der Waals surface area contributed by atoms with Gasteiger partial charge in [0.15, 0.2) is 11.8 Å². The first-order valence-corrected chi connectivity index (χ1v) is 6.20. The van der Waals surface area contributed by atoms with E-state index in [9.17, 15) is 0 Å². The molecule has 3 N–H and O–H groups in total. The number of aliphatic imine (C=N–C) groups is 1. The topological polar surface area (TPSA) is 85.4 Å². The molecule has 0 bridgehead atoms. The summed E-state index contributed by atoms with van der Waals surface area (Å²) in [5.74, 6) is 1.61. The van der Waals surface area contributed by atoms with Gasteiger partial charge >= 0.3 is 0 Å². The molecule has 1 aliphatic rings. The fourth-order valence-corrected chi connectivity index (χ4v) is 2.05. The second-order valence-corrected chi connectivity index (χ2v) is 4.34. The van der Waals surface area contributed by atoms with Crippen LogP contribution in [0.4, 0.5) is 0 Å². The smallest absolute Gasteiger partial charge is 0.216 e. The number of methoxy groups -OCH3 is 1. The molecule has 0 aromatic carbocycles. The number of hydrogen-bond donors (Lipinski definition) is 2. The predicted molar refractivity (Wildman–Crippen MR) is 84.7 cm³/mol. The Morgan fingerprint density at radius 3 is 2.95 bits per heavy atom. The Labute approximate surface area is 130 Å². The maximum absolute atomic E-state index is 5.82. The maximum atomic E-state index is 5.82. The molecule has 7 heteroatoms. The van der Waals surface area contributed by atoms with E-state index in [1.807, 2.05) is 0 Å². The molecule has 19 heavy (non-hydrogen) atoms. The number of nitrogens with zero attached hydrogens (tertiary/aromatic N) is 3. The number of ether oxygens (including phenoxy) is 1. The summed E-state index contributed by atoms with van der Waals surface area (Å²) in [6.07, 6.45) is 6.53. The summed E-state index contributed by atoms with van der Waals surface area (Å²) < 4.78 is 5.02. The van der Waals surface area contributed by atoms with Gasteiger partial charge in [0.25, 0.3) is 0 Å². The van der Waals surface area contributed by atoms with Crippen LogP contribution < -0.4 is 15.8 Å². The molecule has 1 aliphatic carbocycles. The highest BCUT2D eigenvalue weighted by Gasteiger charge is 2.14. The van der Waals surface area contributed by atoms with Crippen LogP contribution in [0, 0.1) is 0 Å². The molecule has 1 heterocycles. The number of hydrogen-bond acceptors (Lipinski definition) is 4. The summed E-state index contributed by atoms with van der Waals surface area (Å²) >= 11 is 0. The predicted octanol–water partition coefficient (Wildman–Crippen LogP) is 1.45. The fraction of sp³-hybridized carbons (Fsp3) is 0.583. The van der Waals surface area contributed by atoms with Crippen LogP contribution in [0.5, 0.6) is 5.88 Å². The number of aromatic nitrogens is 2. The highest BCUT2D eigenvalue weighted by atomic mass is 127. The molecule has 0 radical (unpaired) electrons. The van der Waals surface area contributed by atoms with Crippen molar-refractivity contribution >= 4 is 29.9 Å². The van der Waals surface area contributed by atoms with E-state index in [1.54, 1.807) is 19.4 Å². The van der Waals surface area contributed by atoms with Crippen LogP contribution in [0.15, 0.2) is 17.3 Å². The first kappa shape index (κ1) is 15.9. The molecule has 2 rings (SSSR count). The monoisotopic (exact) mass is 377 g/mol. The number of halogens is 1. The van der Waals surface area contributed by atoms with Gasteiger partial charge in [0.05, 0.1) is 7.11 Å².